The SMILES string of the molecule is COc1cc(C)c(S(=O)(=O)N(C)CCOCC(=O)CCc2ccc(CN3CCCC3)cc2)c(C)c1.COc1cc(C)c(S(=O)(=O)N(C)CCOCC(=O)CCc2ccc(CN3CCCC3)cc2)c(C)c1.COc1cc(C)c(S(=O)(=O)N(C)CCOCOC=O)c(C)c1.NCc1ccc(CN2CCCC2)cc1.O=CO.O=CO. The van der Waals surface area contributed by atoms with Crippen LogP contribution < -0.4 is 19.9 Å². The van der Waals surface area contributed by atoms with Crippen molar-refractivity contribution in [2.24, 2.45) is 5.73 Å². The smallest absolute Gasteiger partial charge is 0.295 e. The van der Waals surface area contributed by atoms with Crippen molar-refractivity contribution in [2.75, 3.05) is 141 Å². The average Bonchev–Trinajstić information content (AvgIpc) is 0.883. The van der Waals surface area contributed by atoms with Crippen LogP contribution in [-0.4, -0.2) is 235 Å². The lowest BCUT2D eigenvalue weighted by Gasteiger charge is -2.20. The summed E-state index contributed by atoms with van der Waals surface area (Å²) in [5.74, 6) is 1.89. The Morgan fingerprint density at radius 2 is 0.661 bits per heavy atom. The number of sulfonamides is 3. The Morgan fingerprint density at radius 3 is 0.902 bits per heavy atom. The molecular formula is C82H119N7O20S3. The van der Waals surface area contributed by atoms with Gasteiger partial charge < -0.3 is 49.1 Å². The zero-order chi connectivity index (χ0) is 82.8. The molecule has 4 N–H and O–H groups in total. The molecular weight excluding hydrogens is 1500 g/mol. The van der Waals surface area contributed by atoms with E-state index in [0.29, 0.717) is 82.9 Å². The third kappa shape index (κ3) is 32.8. The fraction of sp³-hybridized carbons (Fsp3) is 0.500. The summed E-state index contributed by atoms with van der Waals surface area (Å²) in [5, 5.41) is 13.8. The minimum atomic E-state index is -3.67. The molecule has 6 aromatic carbocycles. The molecule has 0 saturated carbocycles. The third-order valence-corrected chi connectivity index (χ3v) is 25.4. The van der Waals surface area contributed by atoms with E-state index >= 15 is 0 Å². The summed E-state index contributed by atoms with van der Waals surface area (Å²) in [6.45, 7) is 21.9. The summed E-state index contributed by atoms with van der Waals surface area (Å²) in [7, 11) is -1.81. The Hall–Kier alpha value is -8.08. The van der Waals surface area contributed by atoms with E-state index in [9.17, 15) is 39.6 Å². The van der Waals surface area contributed by atoms with Gasteiger partial charge in [0.25, 0.3) is 19.4 Å². The van der Waals surface area contributed by atoms with Crippen LogP contribution in [0.3, 0.4) is 0 Å². The molecule has 3 aliphatic heterocycles. The second-order valence-corrected chi connectivity index (χ2v) is 33.5. The lowest BCUT2D eigenvalue weighted by atomic mass is 10.1. The van der Waals surface area contributed by atoms with Gasteiger partial charge in [-0.05, 0) is 235 Å². The van der Waals surface area contributed by atoms with Crippen LogP contribution in [0, 0.1) is 41.5 Å². The monoisotopic (exact) mass is 1620 g/mol. The largest absolute Gasteiger partial charge is 0.497 e. The third-order valence-electron chi connectivity index (χ3n) is 18.9. The normalized spacial score (nSPS) is 13.8. The summed E-state index contributed by atoms with van der Waals surface area (Å²) in [4.78, 5) is 59.5. The number of aryl methyl sites for hydroxylation is 8. The lowest BCUT2D eigenvalue weighted by Crippen LogP contribution is -2.31. The van der Waals surface area contributed by atoms with Gasteiger partial charge in [-0.1, -0.05) is 72.8 Å². The summed E-state index contributed by atoms with van der Waals surface area (Å²) in [5.41, 5.74) is 16.8. The first kappa shape index (κ1) is 96.3. The topological polar surface area (TPSA) is 338 Å². The van der Waals surface area contributed by atoms with E-state index < -0.39 is 30.1 Å². The van der Waals surface area contributed by atoms with E-state index in [1.54, 1.807) is 92.2 Å². The number of hydrogen-bond acceptors (Lipinski definition) is 22. The Bertz CT molecular complexity index is 3940. The number of likely N-dealkylation sites (tertiary alicyclic amines) is 3. The first-order chi connectivity index (χ1) is 53.5. The summed E-state index contributed by atoms with van der Waals surface area (Å²) < 4.78 is 117. The number of nitrogens with zero attached hydrogens (tertiary/aromatic N) is 6. The Kier molecular flexibility index (Phi) is 43.8. The molecule has 620 valence electrons. The summed E-state index contributed by atoms with van der Waals surface area (Å²) >= 11 is 0. The molecule has 0 radical (unpaired) electrons. The highest BCUT2D eigenvalue weighted by molar-refractivity contribution is 7.89. The molecule has 112 heavy (non-hydrogen) atoms. The van der Waals surface area contributed by atoms with Crippen molar-refractivity contribution >= 4 is 61.1 Å². The van der Waals surface area contributed by atoms with Crippen LogP contribution >= 0.6 is 0 Å². The van der Waals surface area contributed by atoms with Crippen molar-refractivity contribution in [2.45, 2.75) is 147 Å². The quantitative estimate of drug-likeness (QED) is 0.0184. The summed E-state index contributed by atoms with van der Waals surface area (Å²) in [6.07, 6.45) is 10.0. The number of benzene rings is 6. The van der Waals surface area contributed by atoms with Crippen LogP contribution in [0.1, 0.15) is 118 Å². The molecule has 6 aromatic rings. The van der Waals surface area contributed by atoms with E-state index in [4.69, 9.17) is 54.0 Å². The standard InChI is InChI=1S/2C27H38N2O5S.C14H21NO6S.C12H18N2.2CH2O2/c2*1-21-17-26(33-4)18-22(2)27(21)35(31,32)28(3)15-16-34-20-25(30)12-11-23-7-9-24(10-8-23)19-29-13-5-6-14-29;1-11-7-13(19-4)8-12(2)14(11)22(17,18)15(3)5-6-20-10-21-9-16;13-9-11-3-5-12(6-4-11)10-14-7-1-2-8-14;2*2-1-3/h2*7-10,17-18H,5-6,11-16,19-20H2,1-4H3;7-9H,5-6,10H2,1-4H3;3-6H,1-2,7-10,13H2;2*1H,(H,2,3). The second-order valence-electron chi connectivity index (χ2n) is 27.5. The lowest BCUT2D eigenvalue weighted by molar-refractivity contribution is -0.140. The number of carbonyl (C=O) groups is 5. The van der Waals surface area contributed by atoms with Gasteiger partial charge in [-0.15, -0.1) is 0 Å². The number of rotatable bonds is 38. The molecule has 9 rings (SSSR count). The number of Topliss-reactive ketones (excluding diaryl/α,β-unsaturated/α-hetero) is 2. The van der Waals surface area contributed by atoms with Gasteiger partial charge in [0.05, 0.1) is 55.8 Å². The maximum absolute atomic E-state index is 13.0. The molecule has 27 nitrogen and oxygen atoms in total. The fourth-order valence-electron chi connectivity index (χ4n) is 12.9. The molecule has 0 bridgehead atoms. The highest BCUT2D eigenvalue weighted by Crippen LogP contribution is 2.31. The number of likely N-dealkylation sites (N-methyl/N-ethyl adjacent to an activating group) is 3. The molecule has 0 spiro atoms. The van der Waals surface area contributed by atoms with E-state index in [0.717, 1.165) is 30.8 Å². The van der Waals surface area contributed by atoms with Crippen molar-refractivity contribution in [3.8, 4) is 17.2 Å². The van der Waals surface area contributed by atoms with Crippen LogP contribution in [0.15, 0.2) is 124 Å². The minimum Gasteiger partial charge on any atom is -0.497 e. The van der Waals surface area contributed by atoms with E-state index in [1.807, 2.05) is 0 Å². The second kappa shape index (κ2) is 50.9. The number of ketones is 2. The molecule has 3 aliphatic rings. The molecule has 0 amide bonds. The predicted molar refractivity (Wildman–Crippen MR) is 431 cm³/mol. The van der Waals surface area contributed by atoms with Crippen molar-refractivity contribution in [1.82, 2.24) is 27.6 Å². The van der Waals surface area contributed by atoms with Crippen LogP contribution in [-0.2, 0) is 112 Å². The van der Waals surface area contributed by atoms with Crippen LogP contribution in [0.2, 0.25) is 0 Å². The van der Waals surface area contributed by atoms with Crippen molar-refractivity contribution in [3.05, 3.63) is 176 Å². The zero-order valence-electron chi connectivity index (χ0n) is 67.4. The molecule has 0 aliphatic carbocycles. The zero-order valence-corrected chi connectivity index (χ0v) is 69.8. The number of methoxy groups -OCH3 is 3. The highest BCUT2D eigenvalue weighted by atomic mass is 32.2. The summed E-state index contributed by atoms with van der Waals surface area (Å²) in [6, 6.07) is 35.9. The molecule has 0 atom stereocenters. The Morgan fingerprint density at radius 1 is 0.420 bits per heavy atom. The van der Waals surface area contributed by atoms with Gasteiger partial charge in [0.2, 0.25) is 30.1 Å². The van der Waals surface area contributed by atoms with E-state index in [1.165, 1.54) is 141 Å². The molecule has 3 fully saturated rings. The van der Waals surface area contributed by atoms with Gasteiger partial charge in [-0.25, -0.2) is 25.3 Å². The van der Waals surface area contributed by atoms with Crippen molar-refractivity contribution in [1.29, 1.82) is 0 Å². The van der Waals surface area contributed by atoms with Crippen LogP contribution in [0.25, 0.3) is 0 Å². The Labute approximate surface area is 664 Å². The first-order valence-electron chi connectivity index (χ1n) is 37.4. The maximum atomic E-state index is 13.0. The van der Waals surface area contributed by atoms with E-state index in [2.05, 4.69) is 92.2 Å². The number of carbonyl (C=O) groups excluding carboxylic acids is 3. The van der Waals surface area contributed by atoms with E-state index in [-0.39, 0.29) is 105 Å². The minimum absolute atomic E-state index is 0.0124. The molecule has 3 saturated heterocycles. The molecule has 0 aromatic heterocycles. The van der Waals surface area contributed by atoms with Gasteiger partial charge in [0, 0.05) is 79.8 Å². The number of ether oxygens (including phenoxy) is 7. The number of nitrogens with two attached hydrogens (primary N) is 1. The van der Waals surface area contributed by atoms with Crippen molar-refractivity contribution in [3.63, 3.8) is 0 Å². The van der Waals surface area contributed by atoms with Gasteiger partial charge in [-0.3, -0.25) is 38.7 Å². The Balaban J connectivity index is 0.000000321. The van der Waals surface area contributed by atoms with Crippen LogP contribution in [0.5, 0.6) is 17.2 Å². The highest BCUT2D eigenvalue weighted by Gasteiger charge is 2.29. The van der Waals surface area contributed by atoms with Gasteiger partial charge in [0.1, 0.15) is 30.5 Å². The number of hydrogen-bond donors (Lipinski definition) is 3. The van der Waals surface area contributed by atoms with Gasteiger partial charge >= 0.3 is 0 Å². The van der Waals surface area contributed by atoms with Crippen molar-refractivity contribution < 1.29 is 92.6 Å². The first-order valence-corrected chi connectivity index (χ1v) is 41.7. The number of carboxylic acid groups (broad SMARTS) is 2. The molecule has 0 unspecified atom stereocenters. The predicted octanol–water partition coefficient (Wildman–Crippen LogP) is 9.72. The van der Waals surface area contributed by atoms with Gasteiger partial charge in [-0.2, -0.15) is 12.9 Å². The maximum Gasteiger partial charge on any atom is 0.295 e. The average molecular weight is 1620 g/mol. The molecule has 30 heteroatoms. The fourth-order valence-corrected chi connectivity index (χ4v) is 17.6. The molecule has 3 heterocycles. The van der Waals surface area contributed by atoms with Crippen LogP contribution in [0.4, 0.5) is 0 Å². The van der Waals surface area contributed by atoms with Gasteiger partial charge in [0.15, 0.2) is 18.4 Å².